The van der Waals surface area contributed by atoms with Gasteiger partial charge in [-0.3, -0.25) is 72.0 Å². The molecular weight excluding hydrogens is 1650 g/mol. The van der Waals surface area contributed by atoms with E-state index in [-0.39, 0.29) is 76.7 Å². The molecule has 3 saturated heterocycles. The molecule has 2 aromatic rings. The number of nitrogens with zero attached hydrogens (tertiary/aromatic N) is 6. The van der Waals surface area contributed by atoms with Crippen molar-refractivity contribution in [2.45, 2.75) is 149 Å². The lowest BCUT2D eigenvalue weighted by molar-refractivity contribution is -0.169. The molecule has 0 aliphatic carbocycles. The van der Waals surface area contributed by atoms with E-state index in [2.05, 4.69) is 34.4 Å². The number of hydrogen-bond acceptors (Lipinski definition) is 32. The number of aliphatic carboxylic acids is 3. The first-order chi connectivity index (χ1) is 59.5. The number of carboxylic acids is 3. The summed E-state index contributed by atoms with van der Waals surface area (Å²) in [5, 5.41) is 54.8. The number of esters is 6. The summed E-state index contributed by atoms with van der Waals surface area (Å²) in [5.74, 6) is -29.5. The van der Waals surface area contributed by atoms with Crippen molar-refractivity contribution in [2.24, 2.45) is 76.7 Å². The van der Waals surface area contributed by atoms with Gasteiger partial charge in [0, 0.05) is 126 Å². The molecule has 9 N–H and O–H groups in total. The summed E-state index contributed by atoms with van der Waals surface area (Å²) in [5.41, 5.74) is 8.24. The Bertz CT molecular complexity index is 3670. The van der Waals surface area contributed by atoms with Crippen LogP contribution in [0.15, 0.2) is 48.5 Å². The molecule has 4 amide bonds. The van der Waals surface area contributed by atoms with Crippen LogP contribution in [0.1, 0.15) is 133 Å². The molecule has 5 rings (SSSR count). The minimum atomic E-state index is -1.94. The number of ketones is 1. The first-order valence-electron chi connectivity index (χ1n) is 42.6. The summed E-state index contributed by atoms with van der Waals surface area (Å²) in [6.07, 6.45) is -6.49. The van der Waals surface area contributed by atoms with Crippen molar-refractivity contribution < 1.29 is 140 Å². The van der Waals surface area contributed by atoms with Gasteiger partial charge in [0.05, 0.1) is 121 Å². The minimum Gasteiger partial charge on any atom is -0.481 e. The maximum atomic E-state index is 15.0. The highest BCUT2D eigenvalue weighted by molar-refractivity contribution is 6.06. The summed E-state index contributed by atoms with van der Waals surface area (Å²) in [6, 6.07) is 14.3. The third-order valence-corrected chi connectivity index (χ3v) is 22.1. The van der Waals surface area contributed by atoms with E-state index in [0.29, 0.717) is 49.9 Å². The number of carbonyl (C=O) groups excluding carboxylic acids is 11. The average Bonchev–Trinajstić information content (AvgIpc) is 1.60. The van der Waals surface area contributed by atoms with Crippen molar-refractivity contribution >= 4 is 94.5 Å². The van der Waals surface area contributed by atoms with Crippen LogP contribution in [0.5, 0.6) is 0 Å². The Balaban J connectivity index is 0.00000169. The molecule has 716 valence electrons. The predicted octanol–water partition coefficient (Wildman–Crippen LogP) is 3.89. The Labute approximate surface area is 742 Å². The van der Waals surface area contributed by atoms with Crippen LogP contribution in [-0.4, -0.2) is 350 Å². The Kier molecular flexibility index (Phi) is 55.3. The molecule has 126 heavy (non-hydrogen) atoms. The van der Waals surface area contributed by atoms with Crippen LogP contribution < -0.4 is 26.2 Å². The average molecular weight is 1790 g/mol. The van der Waals surface area contributed by atoms with Crippen molar-refractivity contribution in [3.05, 3.63) is 59.7 Å². The SMILES string of the molecule is CCC(OC)C1C(=O)OC(=O)C1C.CCO.CCOC(=O)C(C(CC(C(=O)O)C(C(=O)NCCCN(C)C)C(CC1C(=O)N(CCCN(C)C)C(=O)C1C(CC(C(=O)O)C(C(=O)OCCNC(=O)c1ccc(N(C)C)cc1)C(CC)OC)OC)OC)OC)C(CC(OC)C1C(=O)OC(=O)C1C)C(=O)O.CN(C)CCCN.CN(C)c1ccc(C(=O)CCCO)cc1. The molecule has 3 aliphatic heterocycles. The van der Waals surface area contributed by atoms with E-state index in [4.69, 9.17) is 58.6 Å². The number of anilines is 2. The van der Waals surface area contributed by atoms with Gasteiger partial charge in [0.25, 0.3) is 5.91 Å². The molecule has 0 spiro atoms. The number of amides is 4. The van der Waals surface area contributed by atoms with E-state index in [1.54, 1.807) is 73.2 Å². The number of imide groups is 1. The molecule has 3 fully saturated rings. The second-order valence-electron chi connectivity index (χ2n) is 32.1. The van der Waals surface area contributed by atoms with Gasteiger partial charge in [-0.2, -0.15) is 0 Å². The van der Waals surface area contributed by atoms with E-state index in [0.717, 1.165) is 50.0 Å². The van der Waals surface area contributed by atoms with Crippen LogP contribution >= 0.6 is 0 Å². The summed E-state index contributed by atoms with van der Waals surface area (Å²) >= 11 is 0. The first-order valence-corrected chi connectivity index (χ1v) is 42.6. The van der Waals surface area contributed by atoms with Crippen molar-refractivity contribution in [1.82, 2.24) is 30.2 Å². The van der Waals surface area contributed by atoms with Gasteiger partial charge in [0.2, 0.25) is 17.7 Å². The molecule has 2 aromatic carbocycles. The molecule has 3 heterocycles. The Morgan fingerprint density at radius 1 is 0.484 bits per heavy atom. The third-order valence-electron chi connectivity index (χ3n) is 22.1. The van der Waals surface area contributed by atoms with Crippen LogP contribution in [0, 0.1) is 71.0 Å². The molecule has 0 aromatic heterocycles. The van der Waals surface area contributed by atoms with Gasteiger partial charge in [-0.1, -0.05) is 27.7 Å². The number of nitrogens with one attached hydrogen (secondary N) is 2. The number of benzene rings is 2. The number of Topliss-reactive ketones (excluding diaryl/α,β-unsaturated/α-hetero) is 1. The first kappa shape index (κ1) is 115. The lowest BCUT2D eigenvalue weighted by Crippen LogP contribution is -2.50. The zero-order valence-corrected chi connectivity index (χ0v) is 77.9. The van der Waals surface area contributed by atoms with Gasteiger partial charge >= 0.3 is 53.7 Å². The molecular formula is C88H145N9O29. The lowest BCUT2D eigenvalue weighted by atomic mass is 9.73. The minimum absolute atomic E-state index is 0.00490. The fraction of sp³-hybridized carbons (Fsp3) is 0.705. The fourth-order valence-corrected chi connectivity index (χ4v) is 15.2. The number of carboxylic acid groups (broad SMARTS) is 3. The maximum absolute atomic E-state index is 15.0. The second kappa shape index (κ2) is 60.6. The highest BCUT2D eigenvalue weighted by Crippen LogP contribution is 2.43. The van der Waals surface area contributed by atoms with Crippen LogP contribution in [-0.2, 0) is 105 Å². The van der Waals surface area contributed by atoms with Crippen LogP contribution in [0.3, 0.4) is 0 Å². The zero-order valence-electron chi connectivity index (χ0n) is 77.9. The molecule has 0 radical (unpaired) electrons. The Morgan fingerprint density at radius 3 is 1.30 bits per heavy atom. The van der Waals surface area contributed by atoms with Gasteiger partial charge < -0.3 is 114 Å². The lowest BCUT2D eigenvalue weighted by Gasteiger charge is -2.36. The molecule has 38 heteroatoms. The number of methoxy groups -OCH3 is 6. The fourth-order valence-electron chi connectivity index (χ4n) is 15.2. The second-order valence-corrected chi connectivity index (χ2v) is 32.1. The van der Waals surface area contributed by atoms with Crippen LogP contribution in [0.2, 0.25) is 0 Å². The number of aliphatic hydroxyl groups excluding tert-OH is 2. The van der Waals surface area contributed by atoms with Crippen molar-refractivity contribution in [1.29, 1.82) is 0 Å². The number of hydrogen-bond donors (Lipinski definition) is 8. The molecule has 38 nitrogen and oxygen atoms in total. The monoisotopic (exact) mass is 1790 g/mol. The summed E-state index contributed by atoms with van der Waals surface area (Å²) < 4.78 is 54.5. The highest BCUT2D eigenvalue weighted by atomic mass is 16.6. The smallest absolute Gasteiger partial charge is 0.320 e. The van der Waals surface area contributed by atoms with Crippen LogP contribution in [0.4, 0.5) is 11.4 Å². The number of likely N-dealkylation sites (tertiary alicyclic amines) is 1. The van der Waals surface area contributed by atoms with Crippen molar-refractivity contribution in [3.8, 4) is 0 Å². The standard InChI is InChI=1S/C60H94N6O22.C12H17NO2.C9H14O4.C5H14N2.C2H6O/c1-15-40(81-10)48(59(79)87-28-24-62-50(67)34-19-21-35(22-20-34)65(8)9)38(55(73)74)32-43(84-13)47-36(52(69)66(53(47)70)27-18-26-64(6)7)29-42(83-12)46(51(68)61-23-17-25-63(4)5)37(54(71)72)30-44(85-14)49(58(78)86-16-2)39(56(75)76)31-41(82-11)45-33(3)57(77)88-60(45)80;1-13(2)11-7-5-10(6-8-11)12(15)4-3-9-14;1-4-6(12-3)7-5(2)8(10)13-9(7)11;1-7(2)5-3-4-6;1-2-3/h19-22,33,36-49H,15-18,23-32H2,1-14H3,(H,61,68)(H,62,67)(H,71,72)(H,73,74)(H,75,76);5-8,14H,3-4,9H2,1-2H3;5-7H,4H2,1-3H3;3-6H2,1-2H3;3H,2H2,1H3. The summed E-state index contributed by atoms with van der Waals surface area (Å²) in [6.45, 7) is 12.0. The predicted molar refractivity (Wildman–Crippen MR) is 465 cm³/mol. The van der Waals surface area contributed by atoms with Gasteiger partial charge in [-0.05, 0) is 195 Å². The maximum Gasteiger partial charge on any atom is 0.320 e. The molecule has 18 unspecified atom stereocenters. The third kappa shape index (κ3) is 36.6. The number of nitrogens with two attached hydrogens (primary N) is 1. The quantitative estimate of drug-likeness (QED) is 0.0116. The number of cyclic esters (lactones) is 4. The Morgan fingerprint density at radius 2 is 0.913 bits per heavy atom. The Hall–Kier alpha value is -9.06. The van der Waals surface area contributed by atoms with E-state index in [1.807, 2.05) is 79.0 Å². The number of carbonyl (C=O) groups is 14. The number of aliphatic hydroxyl groups is 2. The molecule has 3 aliphatic rings. The van der Waals surface area contributed by atoms with Gasteiger partial charge in [-0.25, -0.2) is 0 Å². The van der Waals surface area contributed by atoms with Gasteiger partial charge in [-0.15, -0.1) is 0 Å². The van der Waals surface area contributed by atoms with E-state index in [9.17, 15) is 77.6 Å². The van der Waals surface area contributed by atoms with Gasteiger partial charge in [0.15, 0.2) is 5.78 Å². The topological polar surface area (TPSA) is 502 Å². The highest BCUT2D eigenvalue weighted by Gasteiger charge is 2.57. The van der Waals surface area contributed by atoms with E-state index >= 15 is 4.79 Å². The van der Waals surface area contributed by atoms with Crippen molar-refractivity contribution in [3.63, 3.8) is 0 Å². The van der Waals surface area contributed by atoms with Gasteiger partial charge in [0.1, 0.15) is 6.61 Å². The molecule has 18 atom stereocenters. The number of ether oxygens (including phenoxy) is 10. The summed E-state index contributed by atoms with van der Waals surface area (Å²) in [4.78, 5) is 197. The molecule has 0 bridgehead atoms. The largest absolute Gasteiger partial charge is 0.481 e. The normalized spacial score (nSPS) is 19.5. The summed E-state index contributed by atoms with van der Waals surface area (Å²) in [7, 11) is 26.3. The number of rotatable bonds is 53. The van der Waals surface area contributed by atoms with E-state index < -0.39 is 199 Å². The molecule has 0 saturated carbocycles. The van der Waals surface area contributed by atoms with Crippen LogP contribution in [0.25, 0.3) is 0 Å². The van der Waals surface area contributed by atoms with E-state index in [1.165, 1.54) is 42.3 Å². The zero-order chi connectivity index (χ0) is 95.9. The van der Waals surface area contributed by atoms with Crippen molar-refractivity contribution in [2.75, 3.05) is 195 Å².